The van der Waals surface area contributed by atoms with Gasteiger partial charge in [0.05, 0.1) is 19.3 Å². The van der Waals surface area contributed by atoms with Gasteiger partial charge in [0.25, 0.3) is 5.91 Å². The second-order valence-electron chi connectivity index (χ2n) is 6.92. The van der Waals surface area contributed by atoms with Crippen molar-refractivity contribution in [1.29, 1.82) is 0 Å². The second-order valence-corrected chi connectivity index (χ2v) is 6.92. The Morgan fingerprint density at radius 2 is 2.04 bits per heavy atom. The van der Waals surface area contributed by atoms with Gasteiger partial charge < -0.3 is 15.0 Å². The average molecular weight is 375 g/mol. The summed E-state index contributed by atoms with van der Waals surface area (Å²) in [6.45, 7) is 4.90. The monoisotopic (exact) mass is 375 g/mol. The Morgan fingerprint density at radius 3 is 2.74 bits per heavy atom. The van der Waals surface area contributed by atoms with Crippen LogP contribution in [0.2, 0.25) is 0 Å². The topological polar surface area (TPSA) is 72.3 Å². The van der Waals surface area contributed by atoms with E-state index in [4.69, 9.17) is 4.74 Å². The van der Waals surface area contributed by atoms with Gasteiger partial charge in [-0.05, 0) is 49.5 Å². The molecule has 1 saturated heterocycles. The van der Waals surface area contributed by atoms with Crippen LogP contribution in [0.5, 0.6) is 0 Å². The predicted octanol–water partition coefficient (Wildman–Crippen LogP) is 1.55. The summed E-state index contributed by atoms with van der Waals surface area (Å²) in [5.74, 6) is 0.00566. The summed E-state index contributed by atoms with van der Waals surface area (Å²) in [6.07, 6.45) is 3.76. The maximum absolute atomic E-state index is 13.0. The zero-order valence-electron chi connectivity index (χ0n) is 15.6. The number of rotatable bonds is 8. The third kappa shape index (κ3) is 5.83. The van der Waals surface area contributed by atoms with Gasteiger partial charge in [0.2, 0.25) is 0 Å². The van der Waals surface area contributed by atoms with Gasteiger partial charge in [-0.3, -0.25) is 4.79 Å². The Bertz CT molecular complexity index is 726. The quantitative estimate of drug-likeness (QED) is 0.758. The van der Waals surface area contributed by atoms with Crippen LogP contribution in [-0.4, -0.2) is 65.7 Å². The van der Waals surface area contributed by atoms with Crippen molar-refractivity contribution in [1.82, 2.24) is 25.2 Å². The molecule has 1 aliphatic rings. The Morgan fingerprint density at radius 1 is 1.30 bits per heavy atom. The number of likely N-dealkylation sites (tertiary alicyclic amines) is 1. The molecule has 1 N–H and O–H groups in total. The van der Waals surface area contributed by atoms with Crippen molar-refractivity contribution < 1.29 is 13.9 Å². The largest absolute Gasteiger partial charge is 0.383 e. The lowest BCUT2D eigenvalue weighted by molar-refractivity contribution is 0.0921. The molecule has 1 amide bonds. The normalized spacial score (nSPS) is 15.8. The van der Waals surface area contributed by atoms with Gasteiger partial charge in [-0.2, -0.15) is 0 Å². The van der Waals surface area contributed by atoms with E-state index < -0.39 is 0 Å². The van der Waals surface area contributed by atoms with E-state index in [2.05, 4.69) is 20.5 Å². The van der Waals surface area contributed by atoms with E-state index in [-0.39, 0.29) is 11.7 Å². The smallest absolute Gasteiger partial charge is 0.273 e. The van der Waals surface area contributed by atoms with Gasteiger partial charge in [0.15, 0.2) is 5.69 Å². The number of piperidine rings is 1. The fraction of sp³-hybridized carbons (Fsp3) is 0.526. The third-order valence-electron chi connectivity index (χ3n) is 4.90. The molecule has 146 valence electrons. The average Bonchev–Trinajstić information content (AvgIpc) is 3.16. The van der Waals surface area contributed by atoms with Crippen LogP contribution in [0.1, 0.15) is 28.9 Å². The molecule has 8 heteroatoms. The van der Waals surface area contributed by atoms with Gasteiger partial charge in [-0.25, -0.2) is 9.07 Å². The standard InChI is InChI=1S/C19H26FN5O2/c1-27-11-10-24-8-6-15(7-9-24)12-21-19(26)18-14-25(23-22-18)13-16-2-4-17(20)5-3-16/h2-5,14-15H,6-13H2,1H3,(H,21,26). The molecule has 2 heterocycles. The minimum absolute atomic E-state index is 0.206. The molecule has 3 rings (SSSR count). The SMILES string of the molecule is COCCN1CCC(CNC(=O)c2cn(Cc3ccc(F)cc3)nn2)CC1. The molecule has 2 aromatic rings. The number of aromatic nitrogens is 3. The second kappa shape index (κ2) is 9.57. The molecule has 1 aromatic carbocycles. The van der Waals surface area contributed by atoms with Crippen LogP contribution >= 0.6 is 0 Å². The lowest BCUT2D eigenvalue weighted by atomic mass is 9.97. The summed E-state index contributed by atoms with van der Waals surface area (Å²) < 4.78 is 19.6. The first-order valence-electron chi connectivity index (χ1n) is 9.28. The van der Waals surface area contributed by atoms with Crippen molar-refractivity contribution >= 4 is 5.91 Å². The molecule has 0 bridgehead atoms. The Balaban J connectivity index is 1.42. The molecule has 7 nitrogen and oxygen atoms in total. The first-order chi connectivity index (χ1) is 13.1. The maximum Gasteiger partial charge on any atom is 0.273 e. The fourth-order valence-corrected chi connectivity index (χ4v) is 3.22. The van der Waals surface area contributed by atoms with Crippen molar-refractivity contribution in [2.24, 2.45) is 5.92 Å². The third-order valence-corrected chi connectivity index (χ3v) is 4.90. The van der Waals surface area contributed by atoms with Gasteiger partial charge in [-0.1, -0.05) is 17.3 Å². The Kier molecular flexibility index (Phi) is 6.89. The number of amides is 1. The highest BCUT2D eigenvalue weighted by molar-refractivity contribution is 5.91. The fourth-order valence-electron chi connectivity index (χ4n) is 3.22. The van der Waals surface area contributed by atoms with Gasteiger partial charge in [0.1, 0.15) is 5.82 Å². The van der Waals surface area contributed by atoms with E-state index in [1.165, 1.54) is 12.1 Å². The van der Waals surface area contributed by atoms with Crippen LogP contribution in [0.25, 0.3) is 0 Å². The molecule has 1 aromatic heterocycles. The van der Waals surface area contributed by atoms with Crippen LogP contribution in [0.15, 0.2) is 30.5 Å². The number of nitrogens with one attached hydrogen (secondary N) is 1. The first kappa shape index (κ1) is 19.4. The van der Waals surface area contributed by atoms with E-state index >= 15 is 0 Å². The lowest BCUT2D eigenvalue weighted by Gasteiger charge is -2.31. The Hall–Kier alpha value is -2.32. The molecule has 0 saturated carbocycles. The minimum Gasteiger partial charge on any atom is -0.383 e. The molecule has 0 radical (unpaired) electrons. The van der Waals surface area contributed by atoms with Crippen molar-refractivity contribution in [2.75, 3.05) is 39.9 Å². The summed E-state index contributed by atoms with van der Waals surface area (Å²) in [5.41, 5.74) is 1.20. The molecular weight excluding hydrogens is 349 g/mol. The van der Waals surface area contributed by atoms with Gasteiger partial charge >= 0.3 is 0 Å². The highest BCUT2D eigenvalue weighted by atomic mass is 19.1. The van der Waals surface area contributed by atoms with E-state index in [1.807, 2.05) is 0 Å². The summed E-state index contributed by atoms with van der Waals surface area (Å²) in [7, 11) is 1.72. The molecule has 0 unspecified atom stereocenters. The summed E-state index contributed by atoms with van der Waals surface area (Å²) in [4.78, 5) is 14.7. The summed E-state index contributed by atoms with van der Waals surface area (Å²) in [5, 5.41) is 10.9. The summed E-state index contributed by atoms with van der Waals surface area (Å²) >= 11 is 0. The predicted molar refractivity (Wildman–Crippen MR) is 98.9 cm³/mol. The number of hydrogen-bond acceptors (Lipinski definition) is 5. The van der Waals surface area contributed by atoms with E-state index in [0.29, 0.717) is 24.7 Å². The number of ether oxygens (including phenoxy) is 1. The Labute approximate surface area is 158 Å². The minimum atomic E-state index is -0.276. The highest BCUT2D eigenvalue weighted by Gasteiger charge is 2.20. The van der Waals surface area contributed by atoms with E-state index in [1.54, 1.807) is 30.1 Å². The maximum atomic E-state index is 13.0. The molecule has 0 aliphatic carbocycles. The van der Waals surface area contributed by atoms with Crippen LogP contribution in [0, 0.1) is 11.7 Å². The van der Waals surface area contributed by atoms with Crippen LogP contribution in [0.3, 0.4) is 0 Å². The van der Waals surface area contributed by atoms with Crippen LogP contribution < -0.4 is 5.32 Å². The molecule has 27 heavy (non-hydrogen) atoms. The highest BCUT2D eigenvalue weighted by Crippen LogP contribution is 2.16. The number of carbonyl (C=O) groups is 1. The van der Waals surface area contributed by atoms with Crippen LogP contribution in [0.4, 0.5) is 4.39 Å². The number of hydrogen-bond donors (Lipinski definition) is 1. The molecule has 1 fully saturated rings. The van der Waals surface area contributed by atoms with Crippen LogP contribution in [-0.2, 0) is 11.3 Å². The number of benzene rings is 1. The zero-order chi connectivity index (χ0) is 19.1. The molecule has 0 atom stereocenters. The van der Waals surface area contributed by atoms with Crippen molar-refractivity contribution in [3.63, 3.8) is 0 Å². The van der Waals surface area contributed by atoms with Crippen molar-refractivity contribution in [3.05, 3.63) is 47.5 Å². The van der Waals surface area contributed by atoms with Crippen molar-refractivity contribution in [2.45, 2.75) is 19.4 Å². The summed E-state index contributed by atoms with van der Waals surface area (Å²) in [6, 6.07) is 6.19. The van der Waals surface area contributed by atoms with E-state index in [0.717, 1.165) is 44.6 Å². The number of carbonyl (C=O) groups excluding carboxylic acids is 1. The van der Waals surface area contributed by atoms with Gasteiger partial charge in [-0.15, -0.1) is 5.10 Å². The van der Waals surface area contributed by atoms with E-state index in [9.17, 15) is 9.18 Å². The molecular formula is C19H26FN5O2. The number of halogens is 1. The first-order valence-corrected chi connectivity index (χ1v) is 9.28. The number of nitrogens with zero attached hydrogens (tertiary/aromatic N) is 4. The van der Waals surface area contributed by atoms with Gasteiger partial charge in [0, 0.05) is 20.2 Å². The lowest BCUT2D eigenvalue weighted by Crippen LogP contribution is -2.39. The molecule has 0 spiro atoms. The van der Waals surface area contributed by atoms with Crippen molar-refractivity contribution in [3.8, 4) is 0 Å². The molecule has 1 aliphatic heterocycles. The zero-order valence-corrected chi connectivity index (χ0v) is 15.6. The number of methoxy groups -OCH3 is 1.